The smallest absolute Gasteiger partial charge is 0.311 e. The van der Waals surface area contributed by atoms with E-state index in [0.29, 0.717) is 17.5 Å². The first-order valence-corrected chi connectivity index (χ1v) is 8.27. The molecule has 0 fully saturated rings. The number of aliphatic carboxylic acids is 1. The molecule has 1 unspecified atom stereocenters. The number of hydrogen-bond acceptors (Lipinski definition) is 3. The number of carbonyl (C=O) groups excluding carboxylic acids is 1. The van der Waals surface area contributed by atoms with E-state index in [1.165, 1.54) is 4.90 Å². The number of unbranched alkanes of at least 4 members (excludes halogenated alkanes) is 1. The fraction of sp³-hybridized carbons (Fsp3) is 0.450. The van der Waals surface area contributed by atoms with Crippen molar-refractivity contribution < 1.29 is 14.7 Å². The second-order valence-corrected chi connectivity index (χ2v) is 6.51. The van der Waals surface area contributed by atoms with E-state index in [4.69, 9.17) is 11.7 Å². The molecule has 0 heterocycles. The van der Waals surface area contributed by atoms with Crippen molar-refractivity contribution in [1.82, 2.24) is 4.90 Å². The highest BCUT2D eigenvalue weighted by Gasteiger charge is 2.41. The third kappa shape index (κ3) is 4.84. The summed E-state index contributed by atoms with van der Waals surface area (Å²) in [4.78, 5) is 26.2. The van der Waals surface area contributed by atoms with Crippen LogP contribution >= 0.6 is 0 Å². The lowest BCUT2D eigenvalue weighted by atomic mass is 9.80. The van der Waals surface area contributed by atoms with Gasteiger partial charge in [0.15, 0.2) is 0 Å². The predicted octanol–water partition coefficient (Wildman–Crippen LogP) is 3.30. The van der Waals surface area contributed by atoms with E-state index in [2.05, 4.69) is 5.92 Å². The Balaban J connectivity index is 3.26. The number of carboxylic acids is 1. The molecule has 1 aromatic rings. The molecule has 5 heteroatoms. The van der Waals surface area contributed by atoms with Crippen LogP contribution in [-0.4, -0.2) is 34.5 Å². The van der Waals surface area contributed by atoms with Gasteiger partial charge in [0.2, 0.25) is 0 Å². The molecule has 0 aliphatic carbocycles. The second kappa shape index (κ2) is 8.89. The predicted molar refractivity (Wildman–Crippen MR) is 95.8 cm³/mol. The minimum Gasteiger partial charge on any atom is -0.481 e. The molecule has 0 radical (unpaired) electrons. The Morgan fingerprint density at radius 1 is 1.32 bits per heavy atom. The number of amides is 1. The van der Waals surface area contributed by atoms with E-state index in [-0.39, 0.29) is 12.5 Å². The number of nitrogens with zero attached hydrogens (tertiary/aromatic N) is 2. The molecular weight excluding hydrogens is 316 g/mol. The van der Waals surface area contributed by atoms with Crippen molar-refractivity contribution in [3.05, 3.63) is 35.4 Å². The maximum absolute atomic E-state index is 13.0. The van der Waals surface area contributed by atoms with Gasteiger partial charge in [-0.3, -0.25) is 9.59 Å². The number of benzene rings is 1. The second-order valence-electron chi connectivity index (χ2n) is 6.51. The largest absolute Gasteiger partial charge is 0.481 e. The molecule has 132 valence electrons. The van der Waals surface area contributed by atoms with E-state index >= 15 is 0 Å². The molecule has 0 saturated heterocycles. The third-order valence-electron chi connectivity index (χ3n) is 4.38. The minimum atomic E-state index is -1.13. The highest BCUT2D eigenvalue weighted by Crippen LogP contribution is 2.30. The van der Waals surface area contributed by atoms with Gasteiger partial charge in [-0.2, -0.15) is 5.26 Å². The SMILES string of the molecule is C#CCN(C(=O)c1ccc(C#N)cc1)C(CCCC)C(C)(C)C(=O)O. The van der Waals surface area contributed by atoms with Crippen LogP contribution in [0, 0.1) is 29.1 Å². The fourth-order valence-corrected chi connectivity index (χ4v) is 2.72. The maximum Gasteiger partial charge on any atom is 0.311 e. The maximum atomic E-state index is 13.0. The van der Waals surface area contributed by atoms with E-state index in [9.17, 15) is 14.7 Å². The van der Waals surface area contributed by atoms with Crippen LogP contribution in [0.15, 0.2) is 24.3 Å². The van der Waals surface area contributed by atoms with E-state index in [0.717, 1.165) is 12.8 Å². The van der Waals surface area contributed by atoms with Crippen molar-refractivity contribution in [2.75, 3.05) is 6.54 Å². The molecule has 1 N–H and O–H groups in total. The molecule has 25 heavy (non-hydrogen) atoms. The molecular formula is C20H24N2O3. The number of carboxylic acid groups (broad SMARTS) is 1. The van der Waals surface area contributed by atoms with Crippen LogP contribution in [0.1, 0.15) is 56.0 Å². The molecule has 1 rings (SSSR count). The molecule has 5 nitrogen and oxygen atoms in total. The standard InChI is InChI=1S/C20H24N2O3/c1-5-7-8-17(20(3,4)19(24)25)22(13-6-2)18(23)16-11-9-15(14-21)10-12-16/h2,9-12,17H,5,7-8,13H2,1,3-4H3,(H,24,25). The van der Waals surface area contributed by atoms with Gasteiger partial charge in [-0.25, -0.2) is 0 Å². The van der Waals surface area contributed by atoms with Gasteiger partial charge in [-0.15, -0.1) is 6.42 Å². The molecule has 1 atom stereocenters. The van der Waals surface area contributed by atoms with Crippen LogP contribution in [0.3, 0.4) is 0 Å². The molecule has 0 bridgehead atoms. The monoisotopic (exact) mass is 340 g/mol. The van der Waals surface area contributed by atoms with Crippen molar-refractivity contribution >= 4 is 11.9 Å². The minimum absolute atomic E-state index is 0.0317. The first kappa shape index (κ1) is 20.3. The van der Waals surface area contributed by atoms with Gasteiger partial charge in [0.25, 0.3) is 5.91 Å². The van der Waals surface area contributed by atoms with Crippen LogP contribution < -0.4 is 0 Å². The fourth-order valence-electron chi connectivity index (χ4n) is 2.72. The lowest BCUT2D eigenvalue weighted by molar-refractivity contribution is -0.150. The average molecular weight is 340 g/mol. The Morgan fingerprint density at radius 3 is 2.36 bits per heavy atom. The van der Waals surface area contributed by atoms with Crippen LogP contribution in [0.4, 0.5) is 0 Å². The first-order valence-electron chi connectivity index (χ1n) is 8.27. The highest BCUT2D eigenvalue weighted by atomic mass is 16.4. The zero-order valence-electron chi connectivity index (χ0n) is 15.0. The molecule has 0 aliphatic heterocycles. The van der Waals surface area contributed by atoms with Crippen molar-refractivity contribution in [2.24, 2.45) is 5.41 Å². The zero-order valence-corrected chi connectivity index (χ0v) is 15.0. The highest BCUT2D eigenvalue weighted by molar-refractivity contribution is 5.95. The quantitative estimate of drug-likeness (QED) is 0.736. The number of nitriles is 1. The van der Waals surface area contributed by atoms with Gasteiger partial charge in [0.05, 0.1) is 23.6 Å². The van der Waals surface area contributed by atoms with Crippen LogP contribution in [-0.2, 0) is 4.79 Å². The van der Waals surface area contributed by atoms with Crippen molar-refractivity contribution in [2.45, 2.75) is 46.1 Å². The van der Waals surface area contributed by atoms with Gasteiger partial charge >= 0.3 is 5.97 Å². The lowest BCUT2D eigenvalue weighted by Crippen LogP contribution is -2.51. The summed E-state index contributed by atoms with van der Waals surface area (Å²) < 4.78 is 0. The number of hydrogen-bond donors (Lipinski definition) is 1. The van der Waals surface area contributed by atoms with E-state index < -0.39 is 17.4 Å². The summed E-state index contributed by atoms with van der Waals surface area (Å²) in [7, 11) is 0. The Hall–Kier alpha value is -2.79. The molecule has 0 aliphatic rings. The number of terminal acetylenes is 1. The van der Waals surface area contributed by atoms with Gasteiger partial charge in [0, 0.05) is 11.6 Å². The Bertz CT molecular complexity index is 693. The van der Waals surface area contributed by atoms with Crippen LogP contribution in [0.25, 0.3) is 0 Å². The molecule has 0 aromatic heterocycles. The third-order valence-corrected chi connectivity index (χ3v) is 4.38. The average Bonchev–Trinajstić information content (AvgIpc) is 2.60. The summed E-state index contributed by atoms with van der Waals surface area (Å²) in [6.45, 7) is 5.28. The van der Waals surface area contributed by atoms with Gasteiger partial charge in [-0.1, -0.05) is 25.7 Å². The molecule has 0 spiro atoms. The van der Waals surface area contributed by atoms with Crippen LogP contribution in [0.2, 0.25) is 0 Å². The Labute approximate surface area is 149 Å². The Morgan fingerprint density at radius 2 is 1.92 bits per heavy atom. The van der Waals surface area contributed by atoms with Gasteiger partial charge in [-0.05, 0) is 44.5 Å². The van der Waals surface area contributed by atoms with Crippen molar-refractivity contribution in [3.8, 4) is 18.4 Å². The van der Waals surface area contributed by atoms with E-state index in [1.807, 2.05) is 13.0 Å². The molecule has 1 amide bonds. The summed E-state index contributed by atoms with van der Waals surface area (Å²) in [5, 5.41) is 18.5. The lowest BCUT2D eigenvalue weighted by Gasteiger charge is -2.39. The topological polar surface area (TPSA) is 81.4 Å². The van der Waals surface area contributed by atoms with Crippen molar-refractivity contribution in [1.29, 1.82) is 5.26 Å². The zero-order chi connectivity index (χ0) is 19.0. The summed E-state index contributed by atoms with van der Waals surface area (Å²) in [5.74, 6) is 1.18. The van der Waals surface area contributed by atoms with Gasteiger partial charge in [0.1, 0.15) is 0 Å². The summed E-state index contributed by atoms with van der Waals surface area (Å²) in [6, 6.07) is 7.73. The van der Waals surface area contributed by atoms with Crippen LogP contribution in [0.5, 0.6) is 0 Å². The van der Waals surface area contributed by atoms with Crippen molar-refractivity contribution in [3.63, 3.8) is 0 Å². The number of carbonyl (C=O) groups is 2. The van der Waals surface area contributed by atoms with Gasteiger partial charge < -0.3 is 10.0 Å². The number of rotatable bonds is 8. The summed E-state index contributed by atoms with van der Waals surface area (Å²) >= 11 is 0. The normalized spacial score (nSPS) is 11.9. The first-order chi connectivity index (χ1) is 11.8. The molecule has 0 saturated carbocycles. The summed E-state index contributed by atoms with van der Waals surface area (Å²) in [5.41, 5.74) is -0.292. The Kier molecular flexibility index (Phi) is 7.21. The van der Waals surface area contributed by atoms with E-state index in [1.54, 1.807) is 38.1 Å². The molecule has 1 aromatic carbocycles. The summed E-state index contributed by atoms with van der Waals surface area (Å²) in [6.07, 6.45) is 7.68.